The molecule has 2 nitrogen and oxygen atoms in total. The SMILES string of the molecule is OCc1ncc(Cl)cc1-c1ccccc1C(F)(F)F. The molecule has 0 saturated carbocycles. The highest BCUT2D eigenvalue weighted by atomic mass is 35.5. The Bertz CT molecular complexity index is 599. The molecule has 0 radical (unpaired) electrons. The van der Waals surface area contributed by atoms with Gasteiger partial charge < -0.3 is 5.11 Å². The molecule has 100 valence electrons. The summed E-state index contributed by atoms with van der Waals surface area (Å²) in [5.41, 5.74) is -0.494. The smallest absolute Gasteiger partial charge is 0.390 e. The Kier molecular flexibility index (Phi) is 3.78. The number of aliphatic hydroxyl groups is 1. The normalized spacial score (nSPS) is 11.6. The predicted molar refractivity (Wildman–Crippen MR) is 65.6 cm³/mol. The number of benzene rings is 1. The lowest BCUT2D eigenvalue weighted by molar-refractivity contribution is -0.137. The van der Waals surface area contributed by atoms with Crippen molar-refractivity contribution < 1.29 is 18.3 Å². The highest BCUT2D eigenvalue weighted by Crippen LogP contribution is 2.38. The van der Waals surface area contributed by atoms with Gasteiger partial charge in [0.2, 0.25) is 0 Å². The van der Waals surface area contributed by atoms with Crippen LogP contribution < -0.4 is 0 Å². The first-order valence-corrected chi connectivity index (χ1v) is 5.73. The van der Waals surface area contributed by atoms with Gasteiger partial charge in [-0.1, -0.05) is 29.8 Å². The second-order valence-electron chi connectivity index (χ2n) is 3.85. The number of pyridine rings is 1. The summed E-state index contributed by atoms with van der Waals surface area (Å²) in [7, 11) is 0. The van der Waals surface area contributed by atoms with Crippen molar-refractivity contribution >= 4 is 11.6 Å². The molecule has 2 aromatic rings. The molecule has 0 amide bonds. The van der Waals surface area contributed by atoms with Crippen molar-refractivity contribution in [2.24, 2.45) is 0 Å². The van der Waals surface area contributed by atoms with Crippen LogP contribution in [-0.2, 0) is 12.8 Å². The maximum atomic E-state index is 13.0. The van der Waals surface area contributed by atoms with Crippen LogP contribution in [0.1, 0.15) is 11.3 Å². The third kappa shape index (κ3) is 2.88. The van der Waals surface area contributed by atoms with Gasteiger partial charge in [-0.25, -0.2) is 0 Å². The highest BCUT2D eigenvalue weighted by Gasteiger charge is 2.33. The van der Waals surface area contributed by atoms with Gasteiger partial charge in [0.25, 0.3) is 0 Å². The van der Waals surface area contributed by atoms with E-state index < -0.39 is 18.3 Å². The van der Waals surface area contributed by atoms with Gasteiger partial charge in [-0.05, 0) is 17.7 Å². The minimum absolute atomic E-state index is 0.0472. The number of aliphatic hydroxyl groups excluding tert-OH is 1. The Labute approximate surface area is 112 Å². The molecule has 0 aliphatic rings. The zero-order valence-corrected chi connectivity index (χ0v) is 10.3. The van der Waals surface area contributed by atoms with E-state index in [1.54, 1.807) is 0 Å². The molecule has 1 heterocycles. The van der Waals surface area contributed by atoms with Crippen LogP contribution in [0, 0.1) is 0 Å². The lowest BCUT2D eigenvalue weighted by atomic mass is 9.98. The van der Waals surface area contributed by atoms with Crippen molar-refractivity contribution in [2.45, 2.75) is 12.8 Å². The molecule has 1 aromatic heterocycles. The second-order valence-corrected chi connectivity index (χ2v) is 4.29. The largest absolute Gasteiger partial charge is 0.417 e. The van der Waals surface area contributed by atoms with E-state index in [1.165, 1.54) is 30.5 Å². The number of nitrogens with zero attached hydrogens (tertiary/aromatic N) is 1. The monoisotopic (exact) mass is 287 g/mol. The van der Waals surface area contributed by atoms with Crippen molar-refractivity contribution in [3.05, 3.63) is 52.8 Å². The van der Waals surface area contributed by atoms with E-state index in [0.717, 1.165) is 6.07 Å². The van der Waals surface area contributed by atoms with Crippen molar-refractivity contribution in [3.8, 4) is 11.1 Å². The number of hydrogen-bond donors (Lipinski definition) is 1. The van der Waals surface area contributed by atoms with Gasteiger partial charge in [0.05, 0.1) is 22.9 Å². The molecule has 0 bridgehead atoms. The van der Waals surface area contributed by atoms with E-state index in [2.05, 4.69) is 4.98 Å². The number of hydrogen-bond acceptors (Lipinski definition) is 2. The minimum Gasteiger partial charge on any atom is -0.390 e. The fourth-order valence-electron chi connectivity index (χ4n) is 1.79. The fourth-order valence-corrected chi connectivity index (χ4v) is 1.95. The van der Waals surface area contributed by atoms with Crippen LogP contribution in [0.15, 0.2) is 36.5 Å². The van der Waals surface area contributed by atoms with Gasteiger partial charge >= 0.3 is 6.18 Å². The van der Waals surface area contributed by atoms with Gasteiger partial charge in [-0.2, -0.15) is 13.2 Å². The van der Waals surface area contributed by atoms with E-state index in [9.17, 15) is 18.3 Å². The Balaban J connectivity index is 2.69. The summed E-state index contributed by atoms with van der Waals surface area (Å²) >= 11 is 5.76. The molecule has 6 heteroatoms. The zero-order valence-electron chi connectivity index (χ0n) is 9.58. The fraction of sp³-hybridized carbons (Fsp3) is 0.154. The summed E-state index contributed by atoms with van der Waals surface area (Å²) in [6, 6.07) is 6.48. The summed E-state index contributed by atoms with van der Waals surface area (Å²) in [5, 5.41) is 9.39. The number of rotatable bonds is 2. The molecule has 2 rings (SSSR count). The van der Waals surface area contributed by atoms with Gasteiger partial charge in [-0.15, -0.1) is 0 Å². The molecular weight excluding hydrogens is 279 g/mol. The molecule has 0 fully saturated rings. The molecule has 1 N–H and O–H groups in total. The zero-order chi connectivity index (χ0) is 14.0. The van der Waals surface area contributed by atoms with E-state index >= 15 is 0 Å². The summed E-state index contributed by atoms with van der Waals surface area (Å²) < 4.78 is 38.9. The maximum Gasteiger partial charge on any atom is 0.417 e. The summed E-state index contributed by atoms with van der Waals surface area (Å²) in [6.07, 6.45) is -3.20. The third-order valence-corrected chi connectivity index (χ3v) is 2.82. The molecule has 0 spiro atoms. The topological polar surface area (TPSA) is 33.1 Å². The van der Waals surface area contributed by atoms with Gasteiger partial charge in [0.15, 0.2) is 0 Å². The van der Waals surface area contributed by atoms with E-state index in [4.69, 9.17) is 11.6 Å². The quantitative estimate of drug-likeness (QED) is 0.908. The Morgan fingerprint density at radius 1 is 1.16 bits per heavy atom. The van der Waals surface area contributed by atoms with Gasteiger partial charge in [-0.3, -0.25) is 4.98 Å². The standard InChI is InChI=1S/C13H9ClF3NO/c14-8-5-10(12(7-19)18-6-8)9-3-1-2-4-11(9)13(15,16)17/h1-6,19H,7H2. The lowest BCUT2D eigenvalue weighted by Gasteiger charge is -2.14. The van der Waals surface area contributed by atoms with Crippen LogP contribution in [-0.4, -0.2) is 10.1 Å². The average Bonchev–Trinajstić information content (AvgIpc) is 2.37. The van der Waals surface area contributed by atoms with Crippen LogP contribution in [0.25, 0.3) is 11.1 Å². The average molecular weight is 288 g/mol. The highest BCUT2D eigenvalue weighted by molar-refractivity contribution is 6.30. The predicted octanol–water partition coefficient (Wildman–Crippen LogP) is 3.91. The van der Waals surface area contributed by atoms with Crippen molar-refractivity contribution in [1.82, 2.24) is 4.98 Å². The van der Waals surface area contributed by atoms with Crippen LogP contribution >= 0.6 is 11.6 Å². The summed E-state index contributed by atoms with van der Waals surface area (Å²) in [5.74, 6) is 0. The molecule has 0 saturated heterocycles. The van der Waals surface area contributed by atoms with Crippen molar-refractivity contribution in [2.75, 3.05) is 0 Å². The maximum absolute atomic E-state index is 13.0. The molecule has 0 atom stereocenters. The third-order valence-electron chi connectivity index (χ3n) is 2.61. The van der Waals surface area contributed by atoms with Crippen molar-refractivity contribution in [3.63, 3.8) is 0 Å². The van der Waals surface area contributed by atoms with Crippen LogP contribution in [0.4, 0.5) is 13.2 Å². The summed E-state index contributed by atoms with van der Waals surface area (Å²) in [6.45, 7) is -0.460. The molecule has 1 aromatic carbocycles. The molecule has 19 heavy (non-hydrogen) atoms. The van der Waals surface area contributed by atoms with Gasteiger partial charge in [0, 0.05) is 11.8 Å². The Morgan fingerprint density at radius 2 is 1.84 bits per heavy atom. The molecule has 0 unspecified atom stereocenters. The number of alkyl halides is 3. The number of aromatic nitrogens is 1. The number of halogens is 4. The lowest BCUT2D eigenvalue weighted by Crippen LogP contribution is -2.08. The first-order valence-electron chi connectivity index (χ1n) is 5.35. The molecular formula is C13H9ClF3NO. The van der Waals surface area contributed by atoms with E-state index in [-0.39, 0.29) is 21.8 Å². The van der Waals surface area contributed by atoms with Gasteiger partial charge in [0.1, 0.15) is 0 Å². The Morgan fingerprint density at radius 3 is 2.47 bits per heavy atom. The van der Waals surface area contributed by atoms with Crippen LogP contribution in [0.5, 0.6) is 0 Å². The molecule has 0 aliphatic carbocycles. The van der Waals surface area contributed by atoms with Crippen LogP contribution in [0.2, 0.25) is 5.02 Å². The Hall–Kier alpha value is -1.59. The van der Waals surface area contributed by atoms with E-state index in [0.29, 0.717) is 0 Å². The first kappa shape index (κ1) is 13.8. The second kappa shape index (κ2) is 5.19. The van der Waals surface area contributed by atoms with Crippen molar-refractivity contribution in [1.29, 1.82) is 0 Å². The minimum atomic E-state index is -4.48. The molecule has 0 aliphatic heterocycles. The van der Waals surface area contributed by atoms with Crippen LogP contribution in [0.3, 0.4) is 0 Å². The van der Waals surface area contributed by atoms with E-state index in [1.807, 2.05) is 0 Å². The first-order chi connectivity index (χ1) is 8.93. The summed E-state index contributed by atoms with van der Waals surface area (Å²) in [4.78, 5) is 3.85.